The molecule has 2 heteroatoms. The summed E-state index contributed by atoms with van der Waals surface area (Å²) in [5.41, 5.74) is 0.500. The fourth-order valence-corrected chi connectivity index (χ4v) is 1.29. The van der Waals surface area contributed by atoms with Gasteiger partial charge < -0.3 is 10.4 Å². The molecular formula is C13H19NO. The van der Waals surface area contributed by atoms with Crippen LogP contribution in [0.1, 0.15) is 12.5 Å². The van der Waals surface area contributed by atoms with Crippen molar-refractivity contribution in [3.63, 3.8) is 0 Å². The van der Waals surface area contributed by atoms with Gasteiger partial charge in [-0.1, -0.05) is 36.4 Å². The van der Waals surface area contributed by atoms with Crippen LogP contribution in [0.25, 0.3) is 0 Å². The fraction of sp³-hybridized carbons (Fsp3) is 0.385. The summed E-state index contributed by atoms with van der Waals surface area (Å²) in [6.45, 7) is 6.74. The highest BCUT2D eigenvalue weighted by Gasteiger charge is 2.13. The van der Waals surface area contributed by atoms with Gasteiger partial charge in [-0.15, -0.1) is 6.58 Å². The van der Waals surface area contributed by atoms with E-state index >= 15 is 0 Å². The molecule has 0 heterocycles. The fourth-order valence-electron chi connectivity index (χ4n) is 1.29. The summed E-state index contributed by atoms with van der Waals surface area (Å²) in [4.78, 5) is 0. The summed E-state index contributed by atoms with van der Waals surface area (Å²) < 4.78 is 0. The third-order valence-electron chi connectivity index (χ3n) is 2.36. The molecule has 2 nitrogen and oxygen atoms in total. The Hall–Kier alpha value is -1.12. The molecular weight excluding hydrogens is 186 g/mol. The largest absolute Gasteiger partial charge is 0.385 e. The lowest BCUT2D eigenvalue weighted by molar-refractivity contribution is 0.111. The first kappa shape index (κ1) is 12.0. The maximum Gasteiger partial charge on any atom is 0.0920 e. The van der Waals surface area contributed by atoms with E-state index in [0.717, 1.165) is 13.0 Å². The third-order valence-corrected chi connectivity index (χ3v) is 2.36. The first-order valence-corrected chi connectivity index (χ1v) is 5.25. The predicted octanol–water partition coefficient (Wildman–Crippen LogP) is 1.76. The van der Waals surface area contributed by atoms with Gasteiger partial charge in [0.15, 0.2) is 0 Å². The van der Waals surface area contributed by atoms with Crippen molar-refractivity contribution in [1.82, 2.24) is 5.32 Å². The van der Waals surface area contributed by atoms with Gasteiger partial charge in [-0.25, -0.2) is 0 Å². The van der Waals surface area contributed by atoms with Crippen molar-refractivity contribution in [2.75, 3.05) is 13.1 Å². The quantitative estimate of drug-likeness (QED) is 0.548. The molecule has 0 amide bonds. The zero-order valence-electron chi connectivity index (χ0n) is 9.24. The zero-order valence-corrected chi connectivity index (χ0v) is 9.24. The number of hydrogen-bond donors (Lipinski definition) is 2. The summed E-state index contributed by atoms with van der Waals surface area (Å²) in [6, 6.07) is 10.3. The smallest absolute Gasteiger partial charge is 0.0920 e. The Labute approximate surface area is 91.6 Å². The number of nitrogens with one attached hydrogen (secondary N) is 1. The Morgan fingerprint density at radius 2 is 2.07 bits per heavy atom. The average molecular weight is 205 g/mol. The van der Waals surface area contributed by atoms with Gasteiger partial charge in [0.2, 0.25) is 0 Å². The average Bonchev–Trinajstić information content (AvgIpc) is 2.26. The Bertz CT molecular complexity index is 293. The number of rotatable bonds is 6. The van der Waals surface area contributed by atoms with Crippen molar-refractivity contribution in [3.8, 4) is 0 Å². The highest BCUT2D eigenvalue weighted by molar-refractivity contribution is 5.14. The van der Waals surface area contributed by atoms with E-state index in [0.29, 0.717) is 6.54 Å². The summed E-state index contributed by atoms with van der Waals surface area (Å²) in [5.74, 6) is 0. The van der Waals surface area contributed by atoms with Crippen LogP contribution in [0, 0.1) is 0 Å². The molecule has 2 N–H and O–H groups in total. The van der Waals surface area contributed by atoms with Crippen LogP contribution in [-0.2, 0) is 6.42 Å². The molecule has 82 valence electrons. The molecule has 0 aliphatic heterocycles. The van der Waals surface area contributed by atoms with Crippen LogP contribution in [-0.4, -0.2) is 23.8 Å². The number of benzene rings is 1. The third kappa shape index (κ3) is 4.77. The van der Waals surface area contributed by atoms with E-state index in [1.165, 1.54) is 5.56 Å². The highest BCUT2D eigenvalue weighted by Crippen LogP contribution is 2.02. The highest BCUT2D eigenvalue weighted by atomic mass is 16.3. The van der Waals surface area contributed by atoms with Crippen LogP contribution in [0.3, 0.4) is 0 Å². The lowest BCUT2D eigenvalue weighted by Gasteiger charge is -2.18. The maximum atomic E-state index is 9.64. The molecule has 1 unspecified atom stereocenters. The van der Waals surface area contributed by atoms with Gasteiger partial charge in [0, 0.05) is 6.54 Å². The van der Waals surface area contributed by atoms with Gasteiger partial charge in [0.1, 0.15) is 0 Å². The van der Waals surface area contributed by atoms with E-state index in [1.54, 1.807) is 13.0 Å². The van der Waals surface area contributed by atoms with Crippen LogP contribution >= 0.6 is 0 Å². The second-order valence-corrected chi connectivity index (χ2v) is 3.97. The molecule has 1 atom stereocenters. The molecule has 1 aromatic carbocycles. The Morgan fingerprint density at radius 3 is 2.67 bits per heavy atom. The molecule has 0 saturated heterocycles. The second kappa shape index (κ2) is 5.69. The van der Waals surface area contributed by atoms with Crippen LogP contribution < -0.4 is 5.32 Å². The first-order chi connectivity index (χ1) is 7.14. The van der Waals surface area contributed by atoms with E-state index in [1.807, 2.05) is 18.2 Å². The lowest BCUT2D eigenvalue weighted by Crippen LogP contribution is -2.36. The van der Waals surface area contributed by atoms with Crippen LogP contribution in [0.2, 0.25) is 0 Å². The Kier molecular flexibility index (Phi) is 4.53. The van der Waals surface area contributed by atoms with Gasteiger partial charge in [0.05, 0.1) is 5.60 Å². The minimum absolute atomic E-state index is 0.545. The summed E-state index contributed by atoms with van der Waals surface area (Å²) >= 11 is 0. The van der Waals surface area contributed by atoms with E-state index in [-0.39, 0.29) is 0 Å². The van der Waals surface area contributed by atoms with Crippen LogP contribution in [0.5, 0.6) is 0 Å². The molecule has 0 aliphatic rings. The van der Waals surface area contributed by atoms with Gasteiger partial charge in [-0.05, 0) is 25.5 Å². The van der Waals surface area contributed by atoms with E-state index in [4.69, 9.17) is 0 Å². The predicted molar refractivity (Wildman–Crippen MR) is 63.8 cm³/mol. The van der Waals surface area contributed by atoms with Crippen molar-refractivity contribution in [2.24, 2.45) is 0 Å². The van der Waals surface area contributed by atoms with Crippen molar-refractivity contribution >= 4 is 0 Å². The number of aliphatic hydroxyl groups is 1. The van der Waals surface area contributed by atoms with Crippen molar-refractivity contribution in [1.29, 1.82) is 0 Å². The first-order valence-electron chi connectivity index (χ1n) is 5.25. The van der Waals surface area contributed by atoms with Gasteiger partial charge in [-0.3, -0.25) is 0 Å². The molecule has 1 aromatic rings. The molecule has 0 aliphatic carbocycles. The van der Waals surface area contributed by atoms with Crippen molar-refractivity contribution in [3.05, 3.63) is 48.6 Å². The van der Waals surface area contributed by atoms with Gasteiger partial charge in [-0.2, -0.15) is 0 Å². The molecule has 0 radical (unpaired) electrons. The molecule has 0 fully saturated rings. The summed E-state index contributed by atoms with van der Waals surface area (Å²) in [5, 5.41) is 12.8. The standard InChI is InChI=1S/C13H19NO/c1-3-13(2,15)11-14-10-9-12-7-5-4-6-8-12/h3-8,14-15H,1,9-11H2,2H3. The molecule has 0 saturated carbocycles. The molecule has 0 aromatic heterocycles. The number of hydrogen-bond acceptors (Lipinski definition) is 2. The van der Waals surface area contributed by atoms with Gasteiger partial charge >= 0.3 is 0 Å². The minimum Gasteiger partial charge on any atom is -0.385 e. The molecule has 15 heavy (non-hydrogen) atoms. The molecule has 1 rings (SSSR count). The Morgan fingerprint density at radius 1 is 1.40 bits per heavy atom. The minimum atomic E-state index is -0.809. The summed E-state index contributed by atoms with van der Waals surface area (Å²) in [6.07, 6.45) is 2.54. The lowest BCUT2D eigenvalue weighted by atomic mass is 10.1. The topological polar surface area (TPSA) is 32.3 Å². The van der Waals surface area contributed by atoms with Gasteiger partial charge in [0.25, 0.3) is 0 Å². The SMILES string of the molecule is C=CC(C)(O)CNCCc1ccccc1. The molecule has 0 spiro atoms. The monoisotopic (exact) mass is 205 g/mol. The normalized spacial score (nSPS) is 14.5. The van der Waals surface area contributed by atoms with Crippen LogP contribution in [0.4, 0.5) is 0 Å². The maximum absolute atomic E-state index is 9.64. The zero-order chi connectivity index (χ0) is 11.1. The molecule has 0 bridgehead atoms. The summed E-state index contributed by atoms with van der Waals surface area (Å²) in [7, 11) is 0. The van der Waals surface area contributed by atoms with E-state index in [9.17, 15) is 5.11 Å². The second-order valence-electron chi connectivity index (χ2n) is 3.97. The van der Waals surface area contributed by atoms with E-state index < -0.39 is 5.60 Å². The Balaban J connectivity index is 2.20. The van der Waals surface area contributed by atoms with E-state index in [2.05, 4.69) is 24.0 Å². The van der Waals surface area contributed by atoms with Crippen molar-refractivity contribution < 1.29 is 5.11 Å². The van der Waals surface area contributed by atoms with Crippen LogP contribution in [0.15, 0.2) is 43.0 Å². The van der Waals surface area contributed by atoms with Crippen molar-refractivity contribution in [2.45, 2.75) is 18.9 Å².